The second kappa shape index (κ2) is 8.13. The van der Waals surface area contributed by atoms with Crippen LogP contribution in [-0.2, 0) is 11.3 Å². The highest BCUT2D eigenvalue weighted by molar-refractivity contribution is 6.32. The Morgan fingerprint density at radius 3 is 2.70 bits per heavy atom. The Balaban J connectivity index is 1.68. The van der Waals surface area contributed by atoms with Gasteiger partial charge in [0.1, 0.15) is 25.8 Å². The molecule has 1 aliphatic heterocycles. The van der Waals surface area contributed by atoms with Crippen LogP contribution in [0.5, 0.6) is 5.75 Å². The quantitative estimate of drug-likeness (QED) is 0.595. The van der Waals surface area contributed by atoms with Crippen LogP contribution in [0.4, 0.5) is 5.82 Å². The van der Waals surface area contributed by atoms with Crippen LogP contribution >= 0.6 is 23.2 Å². The Hall–Kier alpha value is -2.82. The first kappa shape index (κ1) is 20.5. The molecule has 0 bridgehead atoms. The van der Waals surface area contributed by atoms with E-state index in [1.165, 1.54) is 16.6 Å². The van der Waals surface area contributed by atoms with Crippen LogP contribution in [0.3, 0.4) is 0 Å². The Morgan fingerprint density at radius 2 is 1.93 bits per heavy atom. The molecule has 1 aromatic carbocycles. The minimum absolute atomic E-state index is 0.0766. The summed E-state index contributed by atoms with van der Waals surface area (Å²) in [6.45, 7) is 0.489. The number of amides is 1. The minimum atomic E-state index is -0.280. The number of imidazole rings is 1. The van der Waals surface area contributed by atoms with Crippen molar-refractivity contribution >= 4 is 34.9 Å². The smallest absolute Gasteiger partial charge is 0.276 e. The first-order valence-electron chi connectivity index (χ1n) is 8.85. The van der Waals surface area contributed by atoms with Crippen molar-refractivity contribution in [1.82, 2.24) is 24.6 Å². The van der Waals surface area contributed by atoms with Gasteiger partial charge in [-0.2, -0.15) is 4.98 Å². The van der Waals surface area contributed by atoms with Crippen molar-refractivity contribution in [1.29, 1.82) is 0 Å². The van der Waals surface area contributed by atoms with E-state index in [0.717, 1.165) is 0 Å². The van der Waals surface area contributed by atoms with E-state index in [9.17, 15) is 4.79 Å². The average molecular weight is 453 g/mol. The van der Waals surface area contributed by atoms with Crippen LogP contribution in [0.15, 0.2) is 22.6 Å². The standard InChI is InChI=1S/C18H18Cl2N6O4/c1-24-8-29-9-25(2)17(27)14-15(24)21-18(20)26(14)7-13-22-23-16(30-13)10-4-5-11(19)12(6-10)28-3/h4-6H,7-9H2,1-3H3. The molecule has 0 aliphatic carbocycles. The maximum Gasteiger partial charge on any atom is 0.276 e. The summed E-state index contributed by atoms with van der Waals surface area (Å²) < 4.78 is 18.0. The number of ether oxygens (including phenoxy) is 2. The summed E-state index contributed by atoms with van der Waals surface area (Å²) in [5, 5.41) is 8.76. The lowest BCUT2D eigenvalue weighted by atomic mass is 10.2. The number of hydrogen-bond donors (Lipinski definition) is 0. The Morgan fingerprint density at radius 1 is 1.17 bits per heavy atom. The van der Waals surface area contributed by atoms with E-state index in [0.29, 0.717) is 27.8 Å². The van der Waals surface area contributed by atoms with E-state index in [4.69, 9.17) is 37.1 Å². The van der Waals surface area contributed by atoms with E-state index in [-0.39, 0.29) is 43.0 Å². The number of rotatable bonds is 4. The number of hydrogen-bond acceptors (Lipinski definition) is 8. The number of methoxy groups -OCH3 is 1. The second-order valence-electron chi connectivity index (χ2n) is 6.65. The molecule has 10 nitrogen and oxygen atoms in total. The first-order chi connectivity index (χ1) is 14.4. The van der Waals surface area contributed by atoms with Crippen molar-refractivity contribution in [2.45, 2.75) is 6.54 Å². The molecule has 0 radical (unpaired) electrons. The molecule has 2 aromatic heterocycles. The van der Waals surface area contributed by atoms with E-state index in [1.807, 2.05) is 0 Å². The highest BCUT2D eigenvalue weighted by Crippen LogP contribution is 2.31. The van der Waals surface area contributed by atoms with Gasteiger partial charge in [0.2, 0.25) is 17.1 Å². The Labute approximate surface area is 181 Å². The van der Waals surface area contributed by atoms with E-state index < -0.39 is 0 Å². The summed E-state index contributed by atoms with van der Waals surface area (Å²) in [5.74, 6) is 1.18. The predicted molar refractivity (Wildman–Crippen MR) is 109 cm³/mol. The average Bonchev–Trinajstić information content (AvgIpc) is 3.32. The molecular formula is C18H18Cl2N6O4. The van der Waals surface area contributed by atoms with Gasteiger partial charge in [0, 0.05) is 19.7 Å². The zero-order chi connectivity index (χ0) is 21.4. The zero-order valence-corrected chi connectivity index (χ0v) is 17.9. The number of aromatic nitrogens is 4. The lowest BCUT2D eigenvalue weighted by Gasteiger charge is -2.26. The van der Waals surface area contributed by atoms with Crippen molar-refractivity contribution in [3.63, 3.8) is 0 Å². The van der Waals surface area contributed by atoms with Crippen LogP contribution in [0.1, 0.15) is 16.4 Å². The summed E-state index contributed by atoms with van der Waals surface area (Å²) in [6, 6.07) is 5.13. The van der Waals surface area contributed by atoms with Crippen LogP contribution in [-0.4, -0.2) is 65.2 Å². The number of anilines is 1. The lowest BCUT2D eigenvalue weighted by molar-refractivity contribution is 0.0312. The SMILES string of the molecule is COc1cc(-c2nnc(Cn3c(Cl)nc4c3C(=O)N(C)COCN4C)o2)ccc1Cl. The molecule has 0 saturated carbocycles. The molecule has 30 heavy (non-hydrogen) atoms. The van der Waals surface area contributed by atoms with Gasteiger partial charge in [-0.05, 0) is 29.8 Å². The van der Waals surface area contributed by atoms with E-state index >= 15 is 0 Å². The van der Waals surface area contributed by atoms with Crippen molar-refractivity contribution in [2.24, 2.45) is 0 Å². The number of carbonyl (C=O) groups is 1. The molecule has 0 fully saturated rings. The third-order valence-electron chi connectivity index (χ3n) is 4.54. The van der Waals surface area contributed by atoms with Crippen molar-refractivity contribution in [2.75, 3.05) is 39.6 Å². The third kappa shape index (κ3) is 3.69. The molecule has 0 unspecified atom stereocenters. The number of carbonyl (C=O) groups excluding carboxylic acids is 1. The molecule has 158 valence electrons. The zero-order valence-electron chi connectivity index (χ0n) is 16.4. The molecule has 0 N–H and O–H groups in total. The molecule has 12 heteroatoms. The number of nitrogens with zero attached hydrogens (tertiary/aromatic N) is 6. The van der Waals surface area contributed by atoms with Gasteiger partial charge in [-0.3, -0.25) is 9.36 Å². The van der Waals surface area contributed by atoms with E-state index in [1.54, 1.807) is 37.2 Å². The highest BCUT2D eigenvalue weighted by Gasteiger charge is 2.30. The van der Waals surface area contributed by atoms with Gasteiger partial charge in [0.05, 0.1) is 12.1 Å². The van der Waals surface area contributed by atoms with Gasteiger partial charge in [-0.25, -0.2) is 0 Å². The lowest BCUT2D eigenvalue weighted by Crippen LogP contribution is -2.37. The van der Waals surface area contributed by atoms with Crippen molar-refractivity contribution in [3.8, 4) is 17.2 Å². The van der Waals surface area contributed by atoms with Crippen LogP contribution in [0.2, 0.25) is 10.3 Å². The van der Waals surface area contributed by atoms with Crippen molar-refractivity contribution < 1.29 is 18.7 Å². The van der Waals surface area contributed by atoms with E-state index in [2.05, 4.69) is 15.2 Å². The molecule has 1 amide bonds. The molecule has 4 rings (SSSR count). The number of fused-ring (bicyclic) bond motifs is 1. The fraction of sp³-hybridized carbons (Fsp3) is 0.333. The highest BCUT2D eigenvalue weighted by atomic mass is 35.5. The van der Waals surface area contributed by atoms with Gasteiger partial charge in [-0.1, -0.05) is 11.6 Å². The Kier molecular flexibility index (Phi) is 5.54. The summed E-state index contributed by atoms with van der Waals surface area (Å²) >= 11 is 12.4. The van der Waals surface area contributed by atoms with Crippen LogP contribution in [0, 0.1) is 0 Å². The van der Waals surface area contributed by atoms with Crippen LogP contribution < -0.4 is 9.64 Å². The molecule has 1 aliphatic rings. The summed E-state index contributed by atoms with van der Waals surface area (Å²) in [5.41, 5.74) is 0.968. The Bertz CT molecular complexity index is 1100. The first-order valence-corrected chi connectivity index (χ1v) is 9.61. The minimum Gasteiger partial charge on any atom is -0.495 e. The maximum atomic E-state index is 12.9. The summed E-state index contributed by atoms with van der Waals surface area (Å²) in [4.78, 5) is 20.4. The monoisotopic (exact) mass is 452 g/mol. The fourth-order valence-electron chi connectivity index (χ4n) is 3.01. The van der Waals surface area contributed by atoms with Gasteiger partial charge in [0.15, 0.2) is 11.5 Å². The molecule has 0 atom stereocenters. The largest absolute Gasteiger partial charge is 0.495 e. The topological polar surface area (TPSA) is 98.8 Å². The predicted octanol–water partition coefficient (Wildman–Crippen LogP) is 2.75. The maximum absolute atomic E-state index is 12.9. The van der Waals surface area contributed by atoms with Gasteiger partial charge in [0.25, 0.3) is 5.91 Å². The second-order valence-corrected chi connectivity index (χ2v) is 7.40. The van der Waals surface area contributed by atoms with Gasteiger partial charge < -0.3 is 23.7 Å². The summed E-state index contributed by atoms with van der Waals surface area (Å²) in [6.07, 6.45) is 0. The number of benzene rings is 1. The fourth-order valence-corrected chi connectivity index (χ4v) is 3.43. The third-order valence-corrected chi connectivity index (χ3v) is 5.14. The molecule has 0 saturated heterocycles. The molecule has 3 aromatic rings. The molecule has 0 spiro atoms. The van der Waals surface area contributed by atoms with Gasteiger partial charge in [-0.15, -0.1) is 10.2 Å². The molecule has 3 heterocycles. The van der Waals surface area contributed by atoms with Gasteiger partial charge >= 0.3 is 0 Å². The molecular weight excluding hydrogens is 435 g/mol. The summed E-state index contributed by atoms with van der Waals surface area (Å²) in [7, 11) is 4.93. The van der Waals surface area contributed by atoms with Crippen molar-refractivity contribution in [3.05, 3.63) is 40.1 Å². The normalized spacial score (nSPS) is 14.5. The number of halogens is 2. The van der Waals surface area contributed by atoms with Crippen LogP contribution in [0.25, 0.3) is 11.5 Å².